The first-order valence-electron chi connectivity index (χ1n) is 10.9. The lowest BCUT2D eigenvalue weighted by molar-refractivity contribution is -0.140. The average Bonchev–Trinajstić information content (AvgIpc) is 3.08. The van der Waals surface area contributed by atoms with E-state index in [1.54, 1.807) is 49.6 Å². The number of carbonyl (C=O) groups excluding carboxylic acids is 3. The zero-order chi connectivity index (χ0) is 24.2. The van der Waals surface area contributed by atoms with Gasteiger partial charge in [-0.05, 0) is 42.3 Å². The van der Waals surface area contributed by atoms with Crippen LogP contribution >= 0.6 is 0 Å². The van der Waals surface area contributed by atoms with Crippen molar-refractivity contribution in [3.8, 4) is 17.2 Å². The third kappa shape index (κ3) is 4.60. The summed E-state index contributed by atoms with van der Waals surface area (Å²) in [6, 6.07) is 10.5. The van der Waals surface area contributed by atoms with E-state index in [0.717, 1.165) is 0 Å². The summed E-state index contributed by atoms with van der Waals surface area (Å²) in [4.78, 5) is 38.9. The van der Waals surface area contributed by atoms with Crippen molar-refractivity contribution in [2.45, 2.75) is 19.4 Å². The number of aliphatic hydroxyl groups is 1. The molecule has 9 nitrogen and oxygen atoms in total. The molecule has 2 aliphatic heterocycles. The van der Waals surface area contributed by atoms with Gasteiger partial charge in [-0.15, -0.1) is 0 Å². The maximum atomic E-state index is 13.1. The summed E-state index contributed by atoms with van der Waals surface area (Å²) in [7, 11) is 1.55. The number of ketones is 1. The number of Topliss-reactive ketones (excluding diaryl/α,β-unsaturated/α-hetero) is 1. The van der Waals surface area contributed by atoms with Crippen LogP contribution in [0.5, 0.6) is 17.2 Å². The number of amides is 1. The number of ether oxygens (including phenoxy) is 4. The number of rotatable bonds is 7. The second-order valence-electron chi connectivity index (χ2n) is 7.86. The summed E-state index contributed by atoms with van der Waals surface area (Å²) in [5, 5.41) is 11.2. The Bertz CT molecular complexity index is 1160. The van der Waals surface area contributed by atoms with Crippen LogP contribution in [0.4, 0.5) is 0 Å². The molecule has 0 saturated carbocycles. The first-order chi connectivity index (χ1) is 16.4. The number of methoxy groups -OCH3 is 1. The summed E-state index contributed by atoms with van der Waals surface area (Å²) in [5.41, 5.74) is 0.786. The molecular formula is C25H25NO8. The van der Waals surface area contributed by atoms with E-state index in [2.05, 4.69) is 0 Å². The predicted octanol–water partition coefficient (Wildman–Crippen LogP) is 2.84. The van der Waals surface area contributed by atoms with Crippen molar-refractivity contribution in [1.29, 1.82) is 0 Å². The van der Waals surface area contributed by atoms with Gasteiger partial charge in [-0.25, -0.2) is 0 Å². The van der Waals surface area contributed by atoms with Crippen LogP contribution in [0, 0.1) is 0 Å². The lowest BCUT2D eigenvalue weighted by Crippen LogP contribution is -2.31. The second kappa shape index (κ2) is 9.96. The fourth-order valence-electron chi connectivity index (χ4n) is 4.10. The summed E-state index contributed by atoms with van der Waals surface area (Å²) in [6.07, 6.45) is 0.494. The molecule has 1 atom stereocenters. The maximum Gasteiger partial charge on any atom is 0.308 e. The molecule has 0 radical (unpaired) electrons. The minimum absolute atomic E-state index is 0.0564. The Labute approximate surface area is 196 Å². The van der Waals surface area contributed by atoms with Gasteiger partial charge in [-0.1, -0.05) is 12.1 Å². The molecule has 1 saturated heterocycles. The molecule has 1 amide bonds. The average molecular weight is 467 g/mol. The van der Waals surface area contributed by atoms with E-state index >= 15 is 0 Å². The number of benzene rings is 2. The van der Waals surface area contributed by atoms with Gasteiger partial charge in [0.25, 0.3) is 11.7 Å². The van der Waals surface area contributed by atoms with Gasteiger partial charge in [0.1, 0.15) is 24.7 Å². The monoisotopic (exact) mass is 467 g/mol. The second-order valence-corrected chi connectivity index (χ2v) is 7.86. The molecule has 0 aliphatic carbocycles. The van der Waals surface area contributed by atoms with E-state index in [-0.39, 0.29) is 23.6 Å². The molecule has 2 heterocycles. The SMILES string of the molecule is COCCCN1C(=O)C(=O)/C(=C(\O)c2ccc3c(c2)OCCO3)C1c1cccc(OC(C)=O)c1. The molecular weight excluding hydrogens is 442 g/mol. The zero-order valence-electron chi connectivity index (χ0n) is 18.9. The van der Waals surface area contributed by atoms with Gasteiger partial charge in [0.15, 0.2) is 11.5 Å². The Kier molecular flexibility index (Phi) is 6.83. The maximum absolute atomic E-state index is 13.1. The largest absolute Gasteiger partial charge is 0.507 e. The highest BCUT2D eigenvalue weighted by atomic mass is 16.6. The van der Waals surface area contributed by atoms with Crippen LogP contribution < -0.4 is 14.2 Å². The van der Waals surface area contributed by atoms with Crippen molar-refractivity contribution in [1.82, 2.24) is 4.90 Å². The number of hydrogen-bond donors (Lipinski definition) is 1. The van der Waals surface area contributed by atoms with Crippen LogP contribution in [0.15, 0.2) is 48.0 Å². The Morgan fingerprint density at radius 2 is 1.88 bits per heavy atom. The van der Waals surface area contributed by atoms with Crippen molar-refractivity contribution in [3.63, 3.8) is 0 Å². The highest BCUT2D eigenvalue weighted by molar-refractivity contribution is 6.46. The Balaban J connectivity index is 1.81. The lowest BCUT2D eigenvalue weighted by atomic mass is 9.95. The first-order valence-corrected chi connectivity index (χ1v) is 10.9. The third-order valence-electron chi connectivity index (χ3n) is 5.54. The number of esters is 1. The van der Waals surface area contributed by atoms with E-state index in [4.69, 9.17) is 18.9 Å². The van der Waals surface area contributed by atoms with Crippen molar-refractivity contribution >= 4 is 23.4 Å². The van der Waals surface area contributed by atoms with E-state index < -0.39 is 23.7 Å². The van der Waals surface area contributed by atoms with Crippen LogP contribution in [0.2, 0.25) is 0 Å². The predicted molar refractivity (Wildman–Crippen MR) is 121 cm³/mol. The van der Waals surface area contributed by atoms with E-state index in [1.807, 2.05) is 0 Å². The van der Waals surface area contributed by atoms with E-state index in [1.165, 1.54) is 11.8 Å². The van der Waals surface area contributed by atoms with Crippen molar-refractivity contribution in [2.75, 3.05) is 33.5 Å². The van der Waals surface area contributed by atoms with Crippen LogP contribution in [0.25, 0.3) is 5.76 Å². The first kappa shape index (κ1) is 23.3. The minimum atomic E-state index is -0.874. The fraction of sp³-hybridized carbons (Fsp3) is 0.320. The molecule has 0 spiro atoms. The fourth-order valence-corrected chi connectivity index (χ4v) is 4.10. The number of likely N-dealkylation sites (tertiary alicyclic amines) is 1. The van der Waals surface area contributed by atoms with E-state index in [9.17, 15) is 19.5 Å². The molecule has 1 N–H and O–H groups in total. The number of aliphatic hydroxyl groups excluding tert-OH is 1. The topological polar surface area (TPSA) is 112 Å². The summed E-state index contributed by atoms with van der Waals surface area (Å²) < 4.78 is 21.4. The Hall–Kier alpha value is -3.85. The van der Waals surface area contributed by atoms with Crippen LogP contribution in [-0.4, -0.2) is 61.1 Å². The standard InChI is InChI=1S/C25H25NO8/c1-15(27)34-18-6-3-5-16(13-18)22-21(24(29)25(30)26(22)9-4-10-31-2)23(28)17-7-8-19-20(14-17)33-12-11-32-19/h3,5-8,13-14,22,28H,4,9-12H2,1-2H3/b23-21-. The lowest BCUT2D eigenvalue weighted by Gasteiger charge is -2.25. The van der Waals surface area contributed by atoms with Gasteiger partial charge >= 0.3 is 5.97 Å². The number of hydrogen-bond acceptors (Lipinski definition) is 8. The normalized spacial score (nSPS) is 18.8. The molecule has 1 fully saturated rings. The third-order valence-corrected chi connectivity index (χ3v) is 5.54. The molecule has 1 unspecified atom stereocenters. The van der Waals surface area contributed by atoms with Crippen LogP contribution in [-0.2, 0) is 19.1 Å². The molecule has 178 valence electrons. The molecule has 4 rings (SSSR count). The van der Waals surface area contributed by atoms with Gasteiger partial charge in [-0.2, -0.15) is 0 Å². The number of fused-ring (bicyclic) bond motifs is 1. The van der Waals surface area contributed by atoms with Crippen molar-refractivity contribution in [3.05, 3.63) is 59.2 Å². The summed E-state index contributed by atoms with van der Waals surface area (Å²) in [5.74, 6) is -1.10. The highest BCUT2D eigenvalue weighted by Crippen LogP contribution is 2.41. The zero-order valence-corrected chi connectivity index (χ0v) is 18.9. The smallest absolute Gasteiger partial charge is 0.308 e. The minimum Gasteiger partial charge on any atom is -0.507 e. The number of carbonyl (C=O) groups is 3. The quantitative estimate of drug-likeness (QED) is 0.165. The summed E-state index contributed by atoms with van der Waals surface area (Å²) >= 11 is 0. The van der Waals surface area contributed by atoms with Crippen LogP contribution in [0.3, 0.4) is 0 Å². The molecule has 34 heavy (non-hydrogen) atoms. The number of nitrogens with zero attached hydrogens (tertiary/aromatic N) is 1. The van der Waals surface area contributed by atoms with Crippen LogP contribution in [0.1, 0.15) is 30.5 Å². The van der Waals surface area contributed by atoms with Crippen molar-refractivity contribution < 1.29 is 38.4 Å². The van der Waals surface area contributed by atoms with Crippen molar-refractivity contribution in [2.24, 2.45) is 0 Å². The molecule has 9 heteroatoms. The molecule has 0 aromatic heterocycles. The molecule has 0 bridgehead atoms. The Morgan fingerprint density at radius 3 is 2.62 bits per heavy atom. The van der Waals surface area contributed by atoms with Gasteiger partial charge in [0, 0.05) is 32.7 Å². The van der Waals surface area contributed by atoms with Gasteiger partial charge in [-0.3, -0.25) is 14.4 Å². The summed E-state index contributed by atoms with van der Waals surface area (Å²) in [6.45, 7) is 2.70. The highest BCUT2D eigenvalue weighted by Gasteiger charge is 2.46. The Morgan fingerprint density at radius 1 is 1.12 bits per heavy atom. The van der Waals surface area contributed by atoms with Gasteiger partial charge in [0.2, 0.25) is 0 Å². The van der Waals surface area contributed by atoms with E-state index in [0.29, 0.717) is 48.9 Å². The molecule has 2 aromatic carbocycles. The van der Waals surface area contributed by atoms with Gasteiger partial charge < -0.3 is 29.0 Å². The molecule has 2 aromatic rings. The molecule has 2 aliphatic rings. The van der Waals surface area contributed by atoms with Gasteiger partial charge in [0.05, 0.1) is 11.6 Å².